The Labute approximate surface area is 126 Å². The molecule has 1 aromatic rings. The molecule has 0 aliphatic heterocycles. The number of hydrogen-bond donors (Lipinski definition) is 0. The topological polar surface area (TPSA) is 78.4 Å². The molecule has 6 nitrogen and oxygen atoms in total. The van der Waals surface area contributed by atoms with E-state index in [9.17, 15) is 9.59 Å². The second kappa shape index (κ2) is 7.33. The van der Waals surface area contributed by atoms with E-state index in [1.54, 1.807) is 27.7 Å². The predicted octanol–water partition coefficient (Wildman–Crippen LogP) is 2.07. The Morgan fingerprint density at radius 3 is 1.80 bits per heavy atom. The van der Waals surface area contributed by atoms with Gasteiger partial charge in [-0.1, -0.05) is 0 Å². The van der Waals surface area contributed by atoms with Crippen LogP contribution in [0.15, 0.2) is 4.47 Å². The Kier molecular flexibility index (Phi) is 6.06. The molecular weight excluding hydrogens is 328 g/mol. The maximum Gasteiger partial charge on any atom is 0.328 e. The molecule has 0 spiro atoms. The average Bonchev–Trinajstić information content (AvgIpc) is 2.36. The summed E-state index contributed by atoms with van der Waals surface area (Å²) >= 11 is 3.34. The highest BCUT2D eigenvalue weighted by atomic mass is 79.9. The van der Waals surface area contributed by atoms with Crippen LogP contribution < -0.4 is 0 Å². The first kappa shape index (κ1) is 16.6. The number of ether oxygens (including phenoxy) is 2. The van der Waals surface area contributed by atoms with Gasteiger partial charge in [0.2, 0.25) is 5.92 Å². The SMILES string of the molecule is CCOC(=O)C(C(=O)OCC)c1nc(C)c(Br)c(C)n1. The van der Waals surface area contributed by atoms with Crippen molar-refractivity contribution in [2.45, 2.75) is 33.6 Å². The molecular formula is C13H17BrN2O4. The molecule has 20 heavy (non-hydrogen) atoms. The Hall–Kier alpha value is -1.50. The summed E-state index contributed by atoms with van der Waals surface area (Å²) in [5.74, 6) is -2.56. The molecule has 110 valence electrons. The molecule has 0 aliphatic rings. The van der Waals surface area contributed by atoms with Gasteiger partial charge in [0, 0.05) is 0 Å². The number of halogens is 1. The zero-order chi connectivity index (χ0) is 15.3. The summed E-state index contributed by atoms with van der Waals surface area (Å²) in [7, 11) is 0. The Balaban J connectivity index is 3.23. The molecule has 0 bridgehead atoms. The number of aromatic nitrogens is 2. The van der Waals surface area contributed by atoms with Crippen LogP contribution in [0.3, 0.4) is 0 Å². The molecule has 0 saturated heterocycles. The van der Waals surface area contributed by atoms with E-state index in [0.29, 0.717) is 11.4 Å². The summed E-state index contributed by atoms with van der Waals surface area (Å²) in [5.41, 5.74) is 1.29. The maximum absolute atomic E-state index is 12.0. The van der Waals surface area contributed by atoms with Crippen LogP contribution in [-0.4, -0.2) is 35.1 Å². The highest BCUT2D eigenvalue weighted by Gasteiger charge is 2.34. The van der Waals surface area contributed by atoms with Gasteiger partial charge in [0.1, 0.15) is 0 Å². The number of carbonyl (C=O) groups excluding carboxylic acids is 2. The van der Waals surface area contributed by atoms with Crippen molar-refractivity contribution in [3.63, 3.8) is 0 Å². The van der Waals surface area contributed by atoms with Gasteiger partial charge in [0.05, 0.1) is 29.1 Å². The Morgan fingerprint density at radius 2 is 1.45 bits per heavy atom. The van der Waals surface area contributed by atoms with Crippen LogP contribution in [0.5, 0.6) is 0 Å². The smallest absolute Gasteiger partial charge is 0.328 e. The van der Waals surface area contributed by atoms with E-state index >= 15 is 0 Å². The maximum atomic E-state index is 12.0. The number of rotatable bonds is 5. The number of hydrogen-bond acceptors (Lipinski definition) is 6. The first-order valence-electron chi connectivity index (χ1n) is 6.26. The lowest BCUT2D eigenvalue weighted by atomic mass is 10.1. The monoisotopic (exact) mass is 344 g/mol. The number of nitrogens with zero attached hydrogens (tertiary/aromatic N) is 2. The first-order chi connectivity index (χ1) is 9.42. The molecule has 1 aromatic heterocycles. The van der Waals surface area contributed by atoms with Crippen LogP contribution in [0.2, 0.25) is 0 Å². The summed E-state index contributed by atoms with van der Waals surface area (Å²) in [6.07, 6.45) is 0. The molecule has 7 heteroatoms. The molecule has 0 aromatic carbocycles. The summed E-state index contributed by atoms with van der Waals surface area (Å²) in [6.45, 7) is 7.19. The van der Waals surface area contributed by atoms with Crippen LogP contribution in [0.4, 0.5) is 0 Å². The van der Waals surface area contributed by atoms with E-state index in [4.69, 9.17) is 9.47 Å². The summed E-state index contributed by atoms with van der Waals surface area (Å²) in [4.78, 5) is 32.3. The summed E-state index contributed by atoms with van der Waals surface area (Å²) in [5, 5.41) is 0. The van der Waals surface area contributed by atoms with E-state index in [-0.39, 0.29) is 19.0 Å². The summed E-state index contributed by atoms with van der Waals surface area (Å²) < 4.78 is 10.6. The van der Waals surface area contributed by atoms with Gasteiger partial charge in [0.25, 0.3) is 0 Å². The van der Waals surface area contributed by atoms with Crippen molar-refractivity contribution in [3.05, 3.63) is 21.7 Å². The molecule has 1 heterocycles. The lowest BCUT2D eigenvalue weighted by Gasteiger charge is -2.14. The second-order valence-corrected chi connectivity index (χ2v) is 4.80. The van der Waals surface area contributed by atoms with E-state index < -0.39 is 17.9 Å². The largest absolute Gasteiger partial charge is 0.465 e. The number of carbonyl (C=O) groups is 2. The van der Waals surface area contributed by atoms with Gasteiger partial charge in [-0.25, -0.2) is 9.97 Å². The predicted molar refractivity (Wildman–Crippen MR) is 75.2 cm³/mol. The first-order valence-corrected chi connectivity index (χ1v) is 7.05. The van der Waals surface area contributed by atoms with Gasteiger partial charge in [-0.15, -0.1) is 0 Å². The fourth-order valence-electron chi connectivity index (χ4n) is 1.62. The van der Waals surface area contributed by atoms with Crippen LogP contribution in [0.1, 0.15) is 37.0 Å². The van der Waals surface area contributed by atoms with Crippen molar-refractivity contribution in [1.29, 1.82) is 0 Å². The average molecular weight is 345 g/mol. The fourth-order valence-corrected chi connectivity index (χ4v) is 1.79. The van der Waals surface area contributed by atoms with Gasteiger partial charge in [-0.3, -0.25) is 9.59 Å². The second-order valence-electron chi connectivity index (χ2n) is 4.00. The fraction of sp³-hybridized carbons (Fsp3) is 0.538. The molecule has 0 N–H and O–H groups in total. The zero-order valence-corrected chi connectivity index (χ0v) is 13.5. The van der Waals surface area contributed by atoms with Gasteiger partial charge >= 0.3 is 11.9 Å². The summed E-state index contributed by atoms with van der Waals surface area (Å²) in [6, 6.07) is 0. The zero-order valence-electron chi connectivity index (χ0n) is 11.9. The minimum atomic E-state index is -1.25. The molecule has 0 saturated carbocycles. The van der Waals surface area contributed by atoms with Crippen LogP contribution in [0, 0.1) is 13.8 Å². The van der Waals surface area contributed by atoms with Crippen LogP contribution in [-0.2, 0) is 19.1 Å². The minimum absolute atomic E-state index is 0.0973. The van der Waals surface area contributed by atoms with Crippen molar-refractivity contribution < 1.29 is 19.1 Å². The van der Waals surface area contributed by atoms with Gasteiger partial charge in [-0.05, 0) is 43.6 Å². The van der Waals surface area contributed by atoms with Gasteiger partial charge < -0.3 is 9.47 Å². The van der Waals surface area contributed by atoms with Crippen LogP contribution >= 0.6 is 15.9 Å². The van der Waals surface area contributed by atoms with Gasteiger partial charge in [-0.2, -0.15) is 0 Å². The van der Waals surface area contributed by atoms with Crippen molar-refractivity contribution in [3.8, 4) is 0 Å². The lowest BCUT2D eigenvalue weighted by molar-refractivity contribution is -0.157. The lowest BCUT2D eigenvalue weighted by Crippen LogP contribution is -2.28. The van der Waals surface area contributed by atoms with Crippen molar-refractivity contribution in [1.82, 2.24) is 9.97 Å². The molecule has 0 aliphatic carbocycles. The molecule has 1 rings (SSSR count). The third-order valence-corrected chi connectivity index (χ3v) is 3.65. The van der Waals surface area contributed by atoms with E-state index in [1.807, 2.05) is 0 Å². The van der Waals surface area contributed by atoms with E-state index in [1.165, 1.54) is 0 Å². The standard InChI is InChI=1S/C13H17BrN2O4/c1-5-19-12(17)9(13(18)20-6-2)11-15-7(3)10(14)8(4)16-11/h9H,5-6H2,1-4H3. The van der Waals surface area contributed by atoms with Crippen molar-refractivity contribution in [2.75, 3.05) is 13.2 Å². The van der Waals surface area contributed by atoms with Crippen molar-refractivity contribution >= 4 is 27.9 Å². The molecule has 0 atom stereocenters. The Morgan fingerprint density at radius 1 is 1.05 bits per heavy atom. The highest BCUT2D eigenvalue weighted by molar-refractivity contribution is 9.10. The highest BCUT2D eigenvalue weighted by Crippen LogP contribution is 2.22. The third-order valence-electron chi connectivity index (χ3n) is 2.50. The molecule has 0 radical (unpaired) electrons. The third kappa shape index (κ3) is 3.75. The van der Waals surface area contributed by atoms with Crippen molar-refractivity contribution in [2.24, 2.45) is 0 Å². The van der Waals surface area contributed by atoms with Crippen LogP contribution in [0.25, 0.3) is 0 Å². The molecule has 0 fully saturated rings. The quantitative estimate of drug-likeness (QED) is 0.600. The minimum Gasteiger partial charge on any atom is -0.465 e. The number of esters is 2. The normalized spacial score (nSPS) is 10.5. The van der Waals surface area contributed by atoms with E-state index in [0.717, 1.165) is 4.47 Å². The van der Waals surface area contributed by atoms with E-state index in [2.05, 4.69) is 25.9 Å². The number of aryl methyl sites for hydroxylation is 2. The Bertz CT molecular complexity index is 478. The molecule has 0 amide bonds. The van der Waals surface area contributed by atoms with Gasteiger partial charge in [0.15, 0.2) is 5.82 Å². The molecule has 0 unspecified atom stereocenters.